The van der Waals surface area contributed by atoms with Crippen molar-refractivity contribution in [1.29, 1.82) is 5.26 Å². The summed E-state index contributed by atoms with van der Waals surface area (Å²) in [4.78, 5) is 30.4. The molecule has 8 heteroatoms. The SMILES string of the molecule is Cc1nc(C(=O)C[C@@H]2CCN(C[C@H](O)c3ccc4c(c3C)COC4=O)C[C@@H]2F)ccc1C#N. The third-order valence-corrected chi connectivity index (χ3v) is 6.70. The molecule has 4 rings (SSSR count). The van der Waals surface area contributed by atoms with Gasteiger partial charge < -0.3 is 9.84 Å². The molecule has 0 spiro atoms. The predicted molar refractivity (Wildman–Crippen MR) is 117 cm³/mol. The van der Waals surface area contributed by atoms with E-state index in [1.165, 1.54) is 6.07 Å². The molecule has 1 fully saturated rings. The molecule has 172 valence electrons. The lowest BCUT2D eigenvalue weighted by atomic mass is 9.88. The monoisotopic (exact) mass is 451 g/mol. The summed E-state index contributed by atoms with van der Waals surface area (Å²) in [6.07, 6.45) is -1.45. The number of Topliss-reactive ketones (excluding diaryl/α,β-unsaturated/α-hetero) is 1. The van der Waals surface area contributed by atoms with Gasteiger partial charge >= 0.3 is 5.97 Å². The number of cyclic esters (lactones) is 1. The minimum Gasteiger partial charge on any atom is -0.457 e. The van der Waals surface area contributed by atoms with Gasteiger partial charge in [-0.2, -0.15) is 5.26 Å². The molecule has 0 aliphatic carbocycles. The third kappa shape index (κ3) is 4.65. The van der Waals surface area contributed by atoms with Gasteiger partial charge in [-0.1, -0.05) is 6.07 Å². The molecule has 1 aromatic heterocycles. The van der Waals surface area contributed by atoms with Gasteiger partial charge in [0.15, 0.2) is 5.78 Å². The number of rotatable bonds is 6. The Kier molecular flexibility index (Phi) is 6.54. The van der Waals surface area contributed by atoms with E-state index < -0.39 is 18.2 Å². The highest BCUT2D eigenvalue weighted by Gasteiger charge is 2.33. The fourth-order valence-electron chi connectivity index (χ4n) is 4.66. The van der Waals surface area contributed by atoms with E-state index in [4.69, 9.17) is 10.00 Å². The van der Waals surface area contributed by atoms with E-state index in [0.29, 0.717) is 35.3 Å². The molecule has 7 nitrogen and oxygen atoms in total. The summed E-state index contributed by atoms with van der Waals surface area (Å²) >= 11 is 0. The standard InChI is InChI=1S/C25H26FN3O4/c1-14-18(4-5-19-20(14)13-33-25(19)32)24(31)12-29-8-7-16(21(26)11-29)9-23(30)22-6-3-17(10-27)15(2)28-22/h3-6,16,21,24,31H,7-9,11-13H2,1-2H3/t16-,21-,24-/m0/s1. The summed E-state index contributed by atoms with van der Waals surface area (Å²) in [6, 6.07) is 8.51. The first-order valence-corrected chi connectivity index (χ1v) is 11.0. The number of alkyl halides is 1. The zero-order valence-electron chi connectivity index (χ0n) is 18.7. The van der Waals surface area contributed by atoms with Gasteiger partial charge in [-0.15, -0.1) is 0 Å². The number of aliphatic hydroxyl groups is 1. The van der Waals surface area contributed by atoms with Crippen LogP contribution in [-0.2, 0) is 11.3 Å². The number of aryl methyl sites for hydroxylation is 1. The van der Waals surface area contributed by atoms with Crippen LogP contribution >= 0.6 is 0 Å². The molecule has 0 bridgehead atoms. The van der Waals surface area contributed by atoms with Gasteiger partial charge in [-0.25, -0.2) is 14.2 Å². The van der Waals surface area contributed by atoms with Crippen molar-refractivity contribution in [2.24, 2.45) is 5.92 Å². The number of halogens is 1. The average molecular weight is 451 g/mol. The molecule has 33 heavy (non-hydrogen) atoms. The number of pyridine rings is 1. The molecule has 0 amide bonds. The Hall–Kier alpha value is -3.15. The van der Waals surface area contributed by atoms with Crippen LogP contribution in [0.5, 0.6) is 0 Å². The first-order chi connectivity index (χ1) is 15.8. The number of nitriles is 1. The van der Waals surface area contributed by atoms with E-state index in [2.05, 4.69) is 4.98 Å². The Morgan fingerprint density at radius 3 is 2.85 bits per heavy atom. The third-order valence-electron chi connectivity index (χ3n) is 6.70. The van der Waals surface area contributed by atoms with Crippen molar-refractivity contribution in [2.45, 2.75) is 45.6 Å². The number of carbonyl (C=O) groups excluding carboxylic acids is 2. The van der Waals surface area contributed by atoms with Crippen molar-refractivity contribution >= 4 is 11.8 Å². The molecule has 2 aliphatic heterocycles. The van der Waals surface area contributed by atoms with Crippen LogP contribution in [0.3, 0.4) is 0 Å². The van der Waals surface area contributed by atoms with Crippen LogP contribution in [0, 0.1) is 31.1 Å². The largest absolute Gasteiger partial charge is 0.457 e. The smallest absolute Gasteiger partial charge is 0.338 e. The number of hydrogen-bond acceptors (Lipinski definition) is 7. The Balaban J connectivity index is 1.35. The fourth-order valence-corrected chi connectivity index (χ4v) is 4.66. The highest BCUT2D eigenvalue weighted by Crippen LogP contribution is 2.31. The van der Waals surface area contributed by atoms with Crippen molar-refractivity contribution in [3.63, 3.8) is 0 Å². The number of aromatic nitrogens is 1. The molecule has 0 unspecified atom stereocenters. The van der Waals surface area contributed by atoms with Gasteiger partial charge in [-0.05, 0) is 62.1 Å². The minimum atomic E-state index is -1.19. The number of likely N-dealkylation sites (tertiary alicyclic amines) is 1. The van der Waals surface area contributed by atoms with E-state index in [9.17, 15) is 19.1 Å². The van der Waals surface area contributed by atoms with Crippen molar-refractivity contribution in [3.05, 3.63) is 63.5 Å². The summed E-state index contributed by atoms with van der Waals surface area (Å²) in [6.45, 7) is 4.71. The second kappa shape index (κ2) is 9.38. The zero-order chi connectivity index (χ0) is 23.7. The summed E-state index contributed by atoms with van der Waals surface area (Å²) in [7, 11) is 0. The summed E-state index contributed by atoms with van der Waals surface area (Å²) in [5, 5.41) is 19.8. The molecule has 1 N–H and O–H groups in total. The number of carbonyl (C=O) groups is 2. The summed E-state index contributed by atoms with van der Waals surface area (Å²) in [5.41, 5.74) is 4.02. The number of ether oxygens (including phenoxy) is 1. The molecule has 3 atom stereocenters. The van der Waals surface area contributed by atoms with Crippen LogP contribution in [0.1, 0.15) is 67.7 Å². The van der Waals surface area contributed by atoms with Crippen molar-refractivity contribution < 1.29 is 23.8 Å². The van der Waals surface area contributed by atoms with Crippen LogP contribution in [-0.4, -0.2) is 52.5 Å². The predicted octanol–water partition coefficient (Wildman–Crippen LogP) is 3.21. The van der Waals surface area contributed by atoms with Gasteiger partial charge in [-0.3, -0.25) is 9.69 Å². The summed E-state index contributed by atoms with van der Waals surface area (Å²) < 4.78 is 20.0. The normalized spacial score (nSPS) is 21.2. The number of aliphatic hydroxyl groups excluding tert-OH is 1. The van der Waals surface area contributed by atoms with Crippen LogP contribution in [0.15, 0.2) is 24.3 Å². The van der Waals surface area contributed by atoms with Crippen LogP contribution in [0.4, 0.5) is 4.39 Å². The first kappa shape index (κ1) is 23.0. The highest BCUT2D eigenvalue weighted by molar-refractivity contribution is 5.94. The molecular formula is C25H26FN3O4. The molecule has 2 aromatic rings. The molecule has 1 saturated heterocycles. The quantitative estimate of drug-likeness (QED) is 0.531. The van der Waals surface area contributed by atoms with Crippen molar-refractivity contribution in [3.8, 4) is 6.07 Å². The van der Waals surface area contributed by atoms with E-state index in [1.807, 2.05) is 17.9 Å². The molecule has 3 heterocycles. The van der Waals surface area contributed by atoms with Gasteiger partial charge in [0.05, 0.1) is 22.9 Å². The maximum Gasteiger partial charge on any atom is 0.338 e. The number of esters is 1. The highest BCUT2D eigenvalue weighted by atomic mass is 19.1. The van der Waals surface area contributed by atoms with Gasteiger partial charge in [0, 0.05) is 25.1 Å². The van der Waals surface area contributed by atoms with Gasteiger partial charge in [0.2, 0.25) is 0 Å². The topological polar surface area (TPSA) is 104 Å². The second-order valence-corrected chi connectivity index (χ2v) is 8.79. The van der Waals surface area contributed by atoms with Gasteiger partial charge in [0.1, 0.15) is 24.5 Å². The van der Waals surface area contributed by atoms with Crippen LogP contribution in [0.25, 0.3) is 0 Å². The first-order valence-electron chi connectivity index (χ1n) is 11.0. The molecule has 2 aliphatic rings. The zero-order valence-corrected chi connectivity index (χ0v) is 18.7. The molecular weight excluding hydrogens is 425 g/mol. The fraction of sp³-hybridized carbons (Fsp3) is 0.440. The number of benzene rings is 1. The molecule has 1 aromatic carbocycles. The van der Waals surface area contributed by atoms with E-state index >= 15 is 0 Å². The van der Waals surface area contributed by atoms with Gasteiger partial charge in [0.25, 0.3) is 0 Å². The van der Waals surface area contributed by atoms with Crippen LogP contribution < -0.4 is 0 Å². The number of nitrogens with zero attached hydrogens (tertiary/aromatic N) is 3. The maximum absolute atomic E-state index is 14.9. The van der Waals surface area contributed by atoms with E-state index in [-0.39, 0.29) is 43.6 Å². The lowest BCUT2D eigenvalue weighted by Crippen LogP contribution is -2.44. The van der Waals surface area contributed by atoms with Crippen molar-refractivity contribution in [2.75, 3.05) is 19.6 Å². The minimum absolute atomic E-state index is 0.0634. The van der Waals surface area contributed by atoms with E-state index in [1.54, 1.807) is 25.1 Å². The van der Waals surface area contributed by atoms with E-state index in [0.717, 1.165) is 11.1 Å². The lowest BCUT2D eigenvalue weighted by Gasteiger charge is -2.35. The average Bonchev–Trinajstić information content (AvgIpc) is 3.17. The Labute approximate surface area is 191 Å². The van der Waals surface area contributed by atoms with Crippen molar-refractivity contribution in [1.82, 2.24) is 9.88 Å². The lowest BCUT2D eigenvalue weighted by molar-refractivity contribution is 0.0411. The Morgan fingerprint density at radius 1 is 1.36 bits per heavy atom. The second-order valence-electron chi connectivity index (χ2n) is 8.79. The summed E-state index contributed by atoms with van der Waals surface area (Å²) in [5.74, 6) is -0.986. The number of ketones is 1. The Bertz CT molecular complexity index is 1140. The number of β-amino-alcohol motifs (C(OH)–C–C–N with tert-alkyl or cyclic N) is 1. The molecule has 0 saturated carbocycles. The Morgan fingerprint density at radius 2 is 2.15 bits per heavy atom. The number of fused-ring (bicyclic) bond motifs is 1. The number of hydrogen-bond donors (Lipinski definition) is 1. The molecule has 0 radical (unpaired) electrons. The maximum atomic E-state index is 14.9. The number of piperidine rings is 1. The van der Waals surface area contributed by atoms with Crippen LogP contribution in [0.2, 0.25) is 0 Å².